The Hall–Kier alpha value is -2.84. The molecule has 33 heavy (non-hydrogen) atoms. The highest BCUT2D eigenvalue weighted by molar-refractivity contribution is 7.99. The number of benzene rings is 2. The van der Waals surface area contributed by atoms with Crippen molar-refractivity contribution in [3.63, 3.8) is 0 Å². The van der Waals surface area contributed by atoms with Gasteiger partial charge in [-0.15, -0.1) is 0 Å². The van der Waals surface area contributed by atoms with E-state index in [4.69, 9.17) is 10.5 Å². The molecule has 1 aromatic heterocycles. The predicted octanol–water partition coefficient (Wildman–Crippen LogP) is 3.68. The number of carbonyl (C=O) groups excluding carboxylic acids is 1. The van der Waals surface area contributed by atoms with E-state index >= 15 is 0 Å². The van der Waals surface area contributed by atoms with Gasteiger partial charge in [-0.1, -0.05) is 37.7 Å². The zero-order valence-electron chi connectivity index (χ0n) is 19.3. The lowest BCUT2D eigenvalue weighted by atomic mass is 9.73. The Morgan fingerprint density at radius 2 is 1.85 bits per heavy atom. The summed E-state index contributed by atoms with van der Waals surface area (Å²) >= 11 is 1.60. The summed E-state index contributed by atoms with van der Waals surface area (Å²) in [7, 11) is 0. The summed E-state index contributed by atoms with van der Waals surface area (Å²) in [4.78, 5) is 27.2. The molecular weight excluding hydrogens is 436 g/mol. The first-order valence-corrected chi connectivity index (χ1v) is 12.0. The van der Waals surface area contributed by atoms with Crippen LogP contribution < -0.4 is 11.4 Å². The van der Waals surface area contributed by atoms with Gasteiger partial charge in [0.25, 0.3) is 0 Å². The number of aryl methyl sites for hydroxylation is 1. The van der Waals surface area contributed by atoms with Crippen molar-refractivity contribution >= 4 is 17.7 Å². The number of rotatable bonds is 7. The lowest BCUT2D eigenvalue weighted by Gasteiger charge is -2.34. The maximum absolute atomic E-state index is 12.8. The van der Waals surface area contributed by atoms with E-state index in [1.54, 1.807) is 16.3 Å². The van der Waals surface area contributed by atoms with Crippen molar-refractivity contribution in [2.45, 2.75) is 55.4 Å². The quantitative estimate of drug-likeness (QED) is 0.573. The molecule has 7 nitrogen and oxygen atoms in total. The molecule has 1 aliphatic heterocycles. The molecule has 0 radical (unpaired) electrons. The molecule has 0 bridgehead atoms. The SMILES string of the molecule is Cc1nn(-c2ccc(Sc3cccc(C4(C(N)=O)CCOCC4)c3)cc2)c(=O)n1CC(C)C. The molecule has 2 heterocycles. The van der Waals surface area contributed by atoms with Crippen LogP contribution in [0.3, 0.4) is 0 Å². The average Bonchev–Trinajstić information content (AvgIpc) is 3.08. The molecule has 174 valence electrons. The van der Waals surface area contributed by atoms with Crippen LogP contribution in [0.15, 0.2) is 63.1 Å². The number of primary amides is 1. The third kappa shape index (κ3) is 4.77. The van der Waals surface area contributed by atoms with E-state index in [0.717, 1.165) is 21.0 Å². The maximum atomic E-state index is 12.8. The number of amides is 1. The molecule has 0 saturated carbocycles. The Morgan fingerprint density at radius 1 is 1.15 bits per heavy atom. The van der Waals surface area contributed by atoms with Crippen LogP contribution >= 0.6 is 11.8 Å². The van der Waals surface area contributed by atoms with Crippen LogP contribution in [0.1, 0.15) is 38.1 Å². The number of hydrogen-bond donors (Lipinski definition) is 1. The summed E-state index contributed by atoms with van der Waals surface area (Å²) < 4.78 is 8.63. The van der Waals surface area contributed by atoms with Crippen LogP contribution in [0.4, 0.5) is 0 Å². The van der Waals surface area contributed by atoms with Gasteiger partial charge in [-0.05, 0) is 67.6 Å². The standard InChI is InChI=1S/C25H30N4O3S/c1-17(2)16-28-18(3)27-29(24(28)31)20-7-9-21(10-8-20)33-22-6-4-5-19(15-22)25(23(26)30)11-13-32-14-12-25/h4-10,15,17H,11-14,16H2,1-3H3,(H2,26,30). The fourth-order valence-electron chi connectivity index (χ4n) is 4.28. The average molecular weight is 467 g/mol. The first-order valence-electron chi connectivity index (χ1n) is 11.2. The van der Waals surface area contributed by atoms with Crippen LogP contribution in [0.5, 0.6) is 0 Å². The molecule has 2 aromatic carbocycles. The Morgan fingerprint density at radius 3 is 2.48 bits per heavy atom. The van der Waals surface area contributed by atoms with Crippen molar-refractivity contribution in [3.05, 3.63) is 70.4 Å². The highest BCUT2D eigenvalue weighted by Gasteiger charge is 2.40. The third-order valence-corrected chi connectivity index (χ3v) is 7.11. The molecule has 0 atom stereocenters. The van der Waals surface area contributed by atoms with E-state index in [9.17, 15) is 9.59 Å². The minimum Gasteiger partial charge on any atom is -0.381 e. The van der Waals surface area contributed by atoms with Crippen LogP contribution in [-0.2, 0) is 21.5 Å². The number of hydrogen-bond acceptors (Lipinski definition) is 5. The fraction of sp³-hybridized carbons (Fsp3) is 0.400. The smallest absolute Gasteiger partial charge is 0.350 e. The fourth-order valence-corrected chi connectivity index (χ4v) is 5.16. The van der Waals surface area contributed by atoms with Gasteiger partial charge < -0.3 is 10.5 Å². The van der Waals surface area contributed by atoms with Gasteiger partial charge in [0.2, 0.25) is 5.91 Å². The van der Waals surface area contributed by atoms with Crippen molar-refractivity contribution in [3.8, 4) is 5.69 Å². The number of ether oxygens (including phenoxy) is 1. The lowest BCUT2D eigenvalue weighted by molar-refractivity contribution is -0.127. The zero-order valence-corrected chi connectivity index (χ0v) is 20.1. The van der Waals surface area contributed by atoms with Gasteiger partial charge in [-0.2, -0.15) is 9.78 Å². The number of nitrogens with two attached hydrogens (primary N) is 1. The molecule has 3 aromatic rings. The van der Waals surface area contributed by atoms with E-state index in [2.05, 4.69) is 25.0 Å². The van der Waals surface area contributed by atoms with Gasteiger partial charge in [-0.25, -0.2) is 4.79 Å². The minimum absolute atomic E-state index is 0.123. The zero-order chi connectivity index (χ0) is 23.6. The molecule has 1 fully saturated rings. The Bertz CT molecular complexity index is 1190. The Balaban J connectivity index is 1.56. The first-order chi connectivity index (χ1) is 15.8. The molecule has 1 saturated heterocycles. The normalized spacial score (nSPS) is 15.6. The second-order valence-electron chi connectivity index (χ2n) is 8.93. The number of nitrogens with zero attached hydrogens (tertiary/aromatic N) is 3. The van der Waals surface area contributed by atoms with Gasteiger partial charge in [0.15, 0.2) is 0 Å². The van der Waals surface area contributed by atoms with Gasteiger partial charge in [-0.3, -0.25) is 9.36 Å². The van der Waals surface area contributed by atoms with Crippen LogP contribution in [0.2, 0.25) is 0 Å². The van der Waals surface area contributed by atoms with Crippen molar-refractivity contribution in [1.29, 1.82) is 0 Å². The molecule has 1 amide bonds. The Labute approximate surface area is 197 Å². The summed E-state index contributed by atoms with van der Waals surface area (Å²) in [5, 5.41) is 4.44. The molecule has 1 aliphatic rings. The van der Waals surface area contributed by atoms with E-state index in [1.165, 1.54) is 4.68 Å². The van der Waals surface area contributed by atoms with Crippen molar-refractivity contribution in [2.24, 2.45) is 11.7 Å². The molecule has 0 spiro atoms. The molecule has 0 unspecified atom stereocenters. The molecule has 0 aliphatic carbocycles. The van der Waals surface area contributed by atoms with Crippen LogP contribution in [0, 0.1) is 12.8 Å². The van der Waals surface area contributed by atoms with Gasteiger partial charge in [0, 0.05) is 29.5 Å². The van der Waals surface area contributed by atoms with Crippen molar-refractivity contribution in [1.82, 2.24) is 14.3 Å². The summed E-state index contributed by atoms with van der Waals surface area (Å²) in [6, 6.07) is 15.8. The summed E-state index contributed by atoms with van der Waals surface area (Å²) in [6.45, 7) is 7.73. The highest BCUT2D eigenvalue weighted by Crippen LogP contribution is 2.37. The van der Waals surface area contributed by atoms with Crippen LogP contribution in [-0.4, -0.2) is 33.5 Å². The molecular formula is C25H30N4O3S. The van der Waals surface area contributed by atoms with Crippen LogP contribution in [0.25, 0.3) is 5.69 Å². The molecule has 2 N–H and O–H groups in total. The van der Waals surface area contributed by atoms with Gasteiger partial charge in [0.05, 0.1) is 11.1 Å². The number of carbonyl (C=O) groups is 1. The van der Waals surface area contributed by atoms with Crippen molar-refractivity contribution in [2.75, 3.05) is 13.2 Å². The maximum Gasteiger partial charge on any atom is 0.350 e. The molecule has 8 heteroatoms. The van der Waals surface area contributed by atoms with E-state index in [0.29, 0.717) is 44.3 Å². The highest BCUT2D eigenvalue weighted by atomic mass is 32.2. The second kappa shape index (κ2) is 9.57. The van der Waals surface area contributed by atoms with Crippen molar-refractivity contribution < 1.29 is 9.53 Å². The number of aromatic nitrogens is 3. The lowest BCUT2D eigenvalue weighted by Crippen LogP contribution is -2.45. The predicted molar refractivity (Wildman–Crippen MR) is 129 cm³/mol. The molecule has 4 rings (SSSR count). The van der Waals surface area contributed by atoms with Gasteiger partial charge >= 0.3 is 5.69 Å². The van der Waals surface area contributed by atoms with E-state index in [-0.39, 0.29) is 11.6 Å². The minimum atomic E-state index is -0.674. The summed E-state index contributed by atoms with van der Waals surface area (Å²) in [5.74, 6) is 0.777. The topological polar surface area (TPSA) is 92.1 Å². The van der Waals surface area contributed by atoms with E-state index in [1.807, 2.05) is 49.4 Å². The van der Waals surface area contributed by atoms with E-state index < -0.39 is 5.41 Å². The van der Waals surface area contributed by atoms with Gasteiger partial charge in [0.1, 0.15) is 5.82 Å². The third-order valence-electron chi connectivity index (χ3n) is 6.12. The monoisotopic (exact) mass is 466 g/mol. The largest absolute Gasteiger partial charge is 0.381 e. The summed E-state index contributed by atoms with van der Waals surface area (Å²) in [5.41, 5.74) is 6.70. The Kier molecular flexibility index (Phi) is 6.76. The first kappa shape index (κ1) is 23.3. The summed E-state index contributed by atoms with van der Waals surface area (Å²) in [6.07, 6.45) is 1.20. The second-order valence-corrected chi connectivity index (χ2v) is 10.1.